The molecule has 1 aliphatic rings. The van der Waals surface area contributed by atoms with Crippen LogP contribution in [0.2, 0.25) is 0 Å². The number of amides is 1. The second-order valence-corrected chi connectivity index (χ2v) is 6.58. The first-order chi connectivity index (χ1) is 10.1. The summed E-state index contributed by atoms with van der Waals surface area (Å²) < 4.78 is 0. The van der Waals surface area contributed by atoms with Crippen LogP contribution in [0, 0.1) is 5.41 Å². The van der Waals surface area contributed by atoms with Crippen LogP contribution in [0.25, 0.3) is 10.9 Å². The molecule has 1 amide bonds. The fraction of sp³-hybridized carbons (Fsp3) is 0.500. The number of nitrogens with zero attached hydrogens (tertiary/aromatic N) is 1. The van der Waals surface area contributed by atoms with Crippen molar-refractivity contribution in [3.63, 3.8) is 0 Å². The lowest BCUT2D eigenvalue weighted by molar-refractivity contribution is -0.132. The zero-order valence-corrected chi connectivity index (χ0v) is 13.0. The highest BCUT2D eigenvalue weighted by Gasteiger charge is 2.30. The van der Waals surface area contributed by atoms with Crippen molar-refractivity contribution >= 4 is 16.8 Å². The number of fused-ring (bicyclic) bond motifs is 1. The minimum absolute atomic E-state index is 0.262. The molecule has 0 aliphatic carbocycles. The predicted molar refractivity (Wildman–Crippen MR) is 86.2 cm³/mol. The summed E-state index contributed by atoms with van der Waals surface area (Å²) in [6, 6.07) is 8.17. The molecule has 1 aliphatic heterocycles. The monoisotopic (exact) mass is 284 g/mol. The summed E-state index contributed by atoms with van der Waals surface area (Å²) in [5.41, 5.74) is 2.65. The molecule has 1 aromatic heterocycles. The number of para-hydroxylation sites is 1. The van der Waals surface area contributed by atoms with Crippen molar-refractivity contribution in [1.82, 2.24) is 9.88 Å². The molecule has 0 atom stereocenters. The molecule has 1 fully saturated rings. The molecule has 0 saturated carbocycles. The topological polar surface area (TPSA) is 36.1 Å². The number of benzene rings is 1. The molecule has 3 rings (SSSR count). The van der Waals surface area contributed by atoms with Crippen LogP contribution in [0.4, 0.5) is 0 Å². The predicted octanol–water partition coefficient (Wildman–Crippen LogP) is 3.75. The zero-order chi connectivity index (χ0) is 14.9. The SMILES string of the molecule is CCC1(C)CCN(C(=O)Cc2c[nH]c3ccccc23)CC1. The minimum atomic E-state index is 0.262. The van der Waals surface area contributed by atoms with Gasteiger partial charge in [-0.1, -0.05) is 38.5 Å². The maximum Gasteiger partial charge on any atom is 0.227 e. The van der Waals surface area contributed by atoms with Crippen LogP contribution in [0.1, 0.15) is 38.7 Å². The number of likely N-dealkylation sites (tertiary alicyclic amines) is 1. The first-order valence-corrected chi connectivity index (χ1v) is 7.94. The number of hydrogen-bond acceptors (Lipinski definition) is 1. The van der Waals surface area contributed by atoms with Crippen LogP contribution in [0.15, 0.2) is 30.5 Å². The summed E-state index contributed by atoms with van der Waals surface area (Å²) in [4.78, 5) is 17.8. The van der Waals surface area contributed by atoms with Crippen LogP contribution in [-0.2, 0) is 11.2 Å². The molecule has 0 bridgehead atoms. The first kappa shape index (κ1) is 14.2. The lowest BCUT2D eigenvalue weighted by Gasteiger charge is -2.39. The number of hydrogen-bond donors (Lipinski definition) is 1. The number of piperidine rings is 1. The highest BCUT2D eigenvalue weighted by Crippen LogP contribution is 2.34. The van der Waals surface area contributed by atoms with Crippen molar-refractivity contribution in [1.29, 1.82) is 0 Å². The Morgan fingerprint density at radius 3 is 2.71 bits per heavy atom. The number of carbonyl (C=O) groups is 1. The number of nitrogens with one attached hydrogen (secondary N) is 1. The highest BCUT2D eigenvalue weighted by molar-refractivity contribution is 5.88. The molecule has 3 nitrogen and oxygen atoms in total. The van der Waals surface area contributed by atoms with Crippen LogP contribution in [0.5, 0.6) is 0 Å². The summed E-state index contributed by atoms with van der Waals surface area (Å²) in [7, 11) is 0. The largest absolute Gasteiger partial charge is 0.361 e. The molecular weight excluding hydrogens is 260 g/mol. The van der Waals surface area contributed by atoms with Crippen molar-refractivity contribution in [3.8, 4) is 0 Å². The molecule has 112 valence electrons. The number of rotatable bonds is 3. The summed E-state index contributed by atoms with van der Waals surface area (Å²) in [6.07, 6.45) is 5.94. The van der Waals surface area contributed by atoms with Gasteiger partial charge in [0.15, 0.2) is 0 Å². The Bertz CT molecular complexity index is 635. The van der Waals surface area contributed by atoms with Gasteiger partial charge in [-0.15, -0.1) is 0 Å². The summed E-state index contributed by atoms with van der Waals surface area (Å²) in [6.45, 7) is 6.41. The Morgan fingerprint density at radius 2 is 2.00 bits per heavy atom. The van der Waals surface area contributed by atoms with E-state index in [9.17, 15) is 4.79 Å². The molecule has 21 heavy (non-hydrogen) atoms. The molecule has 1 N–H and O–H groups in total. The first-order valence-electron chi connectivity index (χ1n) is 7.94. The third kappa shape index (κ3) is 2.82. The molecule has 1 aromatic carbocycles. The van der Waals surface area contributed by atoms with Gasteiger partial charge >= 0.3 is 0 Å². The Hall–Kier alpha value is -1.77. The van der Waals surface area contributed by atoms with E-state index in [1.807, 2.05) is 23.2 Å². The van der Waals surface area contributed by atoms with Gasteiger partial charge in [-0.2, -0.15) is 0 Å². The van der Waals surface area contributed by atoms with Crippen molar-refractivity contribution in [3.05, 3.63) is 36.0 Å². The van der Waals surface area contributed by atoms with Gasteiger partial charge in [0.25, 0.3) is 0 Å². The van der Waals surface area contributed by atoms with E-state index in [0.29, 0.717) is 11.8 Å². The van der Waals surface area contributed by atoms with Gasteiger partial charge in [0.05, 0.1) is 6.42 Å². The molecule has 1 saturated heterocycles. The molecule has 0 radical (unpaired) electrons. The minimum Gasteiger partial charge on any atom is -0.361 e. The van der Waals surface area contributed by atoms with E-state index in [4.69, 9.17) is 0 Å². The molecular formula is C18H24N2O. The second kappa shape index (κ2) is 5.55. The lowest BCUT2D eigenvalue weighted by atomic mass is 9.78. The maximum absolute atomic E-state index is 12.5. The average molecular weight is 284 g/mol. The van der Waals surface area contributed by atoms with E-state index in [1.165, 1.54) is 11.8 Å². The van der Waals surface area contributed by atoms with Crippen LogP contribution in [0.3, 0.4) is 0 Å². The van der Waals surface area contributed by atoms with Gasteiger partial charge in [-0.25, -0.2) is 0 Å². The lowest BCUT2D eigenvalue weighted by Crippen LogP contribution is -2.42. The number of carbonyl (C=O) groups excluding carboxylic acids is 1. The summed E-state index contributed by atoms with van der Waals surface area (Å²) >= 11 is 0. The smallest absolute Gasteiger partial charge is 0.227 e. The van der Waals surface area contributed by atoms with Gasteiger partial charge in [0.2, 0.25) is 5.91 Å². The Balaban J connectivity index is 1.67. The summed E-state index contributed by atoms with van der Waals surface area (Å²) in [5.74, 6) is 0.262. The Kier molecular flexibility index (Phi) is 3.75. The Morgan fingerprint density at radius 1 is 1.29 bits per heavy atom. The second-order valence-electron chi connectivity index (χ2n) is 6.58. The van der Waals surface area contributed by atoms with Gasteiger partial charge in [-0.05, 0) is 29.9 Å². The number of aromatic amines is 1. The van der Waals surface area contributed by atoms with Gasteiger partial charge in [0.1, 0.15) is 0 Å². The molecule has 2 aromatic rings. The summed E-state index contributed by atoms with van der Waals surface area (Å²) in [5, 5.41) is 1.17. The standard InChI is InChI=1S/C18H24N2O/c1-3-18(2)8-10-20(11-9-18)17(21)12-14-13-19-16-7-5-4-6-15(14)16/h4-7,13,19H,3,8-12H2,1-2H3. The fourth-order valence-corrected chi connectivity index (χ4v) is 3.20. The van der Waals surface area contributed by atoms with Crippen LogP contribution in [-0.4, -0.2) is 28.9 Å². The Labute approximate surface area is 126 Å². The number of H-pyrrole nitrogens is 1. The number of aromatic nitrogens is 1. The normalized spacial score (nSPS) is 18.1. The van der Waals surface area contributed by atoms with E-state index >= 15 is 0 Å². The average Bonchev–Trinajstić information content (AvgIpc) is 2.91. The van der Waals surface area contributed by atoms with E-state index in [0.717, 1.165) is 37.0 Å². The fourth-order valence-electron chi connectivity index (χ4n) is 3.20. The van der Waals surface area contributed by atoms with Crippen molar-refractivity contribution < 1.29 is 4.79 Å². The van der Waals surface area contributed by atoms with Crippen molar-refractivity contribution in [2.75, 3.05) is 13.1 Å². The maximum atomic E-state index is 12.5. The quantitative estimate of drug-likeness (QED) is 0.915. The van der Waals surface area contributed by atoms with Gasteiger partial charge in [0, 0.05) is 30.2 Å². The van der Waals surface area contributed by atoms with Crippen LogP contribution < -0.4 is 0 Å². The third-order valence-electron chi connectivity index (χ3n) is 5.19. The van der Waals surface area contributed by atoms with E-state index in [-0.39, 0.29) is 5.91 Å². The molecule has 2 heterocycles. The zero-order valence-electron chi connectivity index (χ0n) is 13.0. The highest BCUT2D eigenvalue weighted by atomic mass is 16.2. The van der Waals surface area contributed by atoms with E-state index in [2.05, 4.69) is 31.0 Å². The molecule has 0 unspecified atom stereocenters. The molecule has 0 spiro atoms. The third-order valence-corrected chi connectivity index (χ3v) is 5.19. The van der Waals surface area contributed by atoms with Gasteiger partial charge < -0.3 is 9.88 Å². The van der Waals surface area contributed by atoms with Crippen LogP contribution >= 0.6 is 0 Å². The van der Waals surface area contributed by atoms with E-state index < -0.39 is 0 Å². The van der Waals surface area contributed by atoms with E-state index in [1.54, 1.807) is 0 Å². The van der Waals surface area contributed by atoms with Gasteiger partial charge in [-0.3, -0.25) is 4.79 Å². The van der Waals surface area contributed by atoms with Crippen molar-refractivity contribution in [2.45, 2.75) is 39.5 Å². The molecule has 3 heteroatoms. The van der Waals surface area contributed by atoms with Crippen molar-refractivity contribution in [2.24, 2.45) is 5.41 Å².